The fourth-order valence-corrected chi connectivity index (χ4v) is 2.27. The lowest BCUT2D eigenvalue weighted by Crippen LogP contribution is -2.22. The lowest BCUT2D eigenvalue weighted by atomic mass is 10.0. The predicted octanol–water partition coefficient (Wildman–Crippen LogP) is 4.17. The van der Waals surface area contributed by atoms with Crippen LogP contribution in [0.5, 0.6) is 0 Å². The van der Waals surface area contributed by atoms with E-state index in [2.05, 4.69) is 24.4 Å². The largest absolute Gasteiger partial charge is 0.310 e. The first kappa shape index (κ1) is 14.7. The van der Waals surface area contributed by atoms with Crippen LogP contribution < -0.4 is 5.32 Å². The minimum Gasteiger partial charge on any atom is -0.310 e. The summed E-state index contributed by atoms with van der Waals surface area (Å²) in [6, 6.07) is 11.5. The summed E-state index contributed by atoms with van der Waals surface area (Å²) >= 11 is 0. The van der Waals surface area contributed by atoms with E-state index in [-0.39, 0.29) is 11.9 Å². The number of benzene rings is 2. The monoisotopic (exact) mass is 275 g/mol. The van der Waals surface area contributed by atoms with Crippen molar-refractivity contribution in [2.75, 3.05) is 6.54 Å². The van der Waals surface area contributed by atoms with Crippen LogP contribution >= 0.6 is 0 Å². The third-order valence-corrected chi connectivity index (χ3v) is 3.53. The van der Waals surface area contributed by atoms with Gasteiger partial charge in [-0.1, -0.05) is 24.3 Å². The van der Waals surface area contributed by atoms with Crippen molar-refractivity contribution < 1.29 is 8.78 Å². The van der Waals surface area contributed by atoms with Gasteiger partial charge in [0.15, 0.2) is 0 Å². The summed E-state index contributed by atoms with van der Waals surface area (Å²) in [6.07, 6.45) is 0.869. The first-order valence-electron chi connectivity index (χ1n) is 6.81. The number of rotatable bonds is 5. The van der Waals surface area contributed by atoms with Crippen molar-refractivity contribution in [2.24, 2.45) is 0 Å². The molecule has 0 amide bonds. The van der Waals surface area contributed by atoms with Crippen LogP contribution in [-0.2, 0) is 6.42 Å². The third kappa shape index (κ3) is 3.64. The van der Waals surface area contributed by atoms with Crippen LogP contribution in [0.3, 0.4) is 0 Å². The average molecular weight is 275 g/mol. The Morgan fingerprint density at radius 2 is 1.85 bits per heavy atom. The van der Waals surface area contributed by atoms with Crippen molar-refractivity contribution in [3.8, 4) is 0 Å². The average Bonchev–Trinajstić information content (AvgIpc) is 2.43. The fourth-order valence-electron chi connectivity index (χ4n) is 2.27. The van der Waals surface area contributed by atoms with Crippen LogP contribution in [0.15, 0.2) is 42.5 Å². The molecule has 0 radical (unpaired) electrons. The van der Waals surface area contributed by atoms with Gasteiger partial charge >= 0.3 is 0 Å². The van der Waals surface area contributed by atoms with Crippen molar-refractivity contribution in [1.82, 2.24) is 5.32 Å². The summed E-state index contributed by atoms with van der Waals surface area (Å²) < 4.78 is 26.8. The zero-order chi connectivity index (χ0) is 14.5. The van der Waals surface area contributed by atoms with E-state index in [9.17, 15) is 8.78 Å². The molecule has 1 N–H and O–H groups in total. The molecular weight excluding hydrogens is 256 g/mol. The molecule has 106 valence electrons. The molecule has 0 aliphatic carbocycles. The van der Waals surface area contributed by atoms with Gasteiger partial charge in [-0.3, -0.25) is 0 Å². The zero-order valence-corrected chi connectivity index (χ0v) is 11.8. The van der Waals surface area contributed by atoms with Crippen molar-refractivity contribution in [2.45, 2.75) is 26.3 Å². The van der Waals surface area contributed by atoms with Crippen LogP contribution in [0.4, 0.5) is 8.78 Å². The molecule has 0 heterocycles. The van der Waals surface area contributed by atoms with E-state index in [1.165, 1.54) is 23.3 Å². The first-order valence-corrected chi connectivity index (χ1v) is 6.81. The quantitative estimate of drug-likeness (QED) is 0.863. The first-order chi connectivity index (χ1) is 9.58. The molecule has 0 aliphatic rings. The van der Waals surface area contributed by atoms with Gasteiger partial charge < -0.3 is 5.32 Å². The Hall–Kier alpha value is -1.74. The molecule has 0 saturated heterocycles. The maximum Gasteiger partial charge on any atom is 0.128 e. The lowest BCUT2D eigenvalue weighted by Gasteiger charge is -2.15. The Kier molecular flexibility index (Phi) is 4.85. The molecule has 1 atom stereocenters. The van der Waals surface area contributed by atoms with E-state index < -0.39 is 5.82 Å². The molecule has 1 nitrogen and oxygen atoms in total. The minimum atomic E-state index is -0.408. The summed E-state index contributed by atoms with van der Waals surface area (Å²) in [5.41, 5.74) is 2.89. The van der Waals surface area contributed by atoms with Crippen LogP contribution in [0, 0.1) is 18.6 Å². The van der Waals surface area contributed by atoms with Gasteiger partial charge in [0.2, 0.25) is 0 Å². The van der Waals surface area contributed by atoms with Gasteiger partial charge in [0.25, 0.3) is 0 Å². The van der Waals surface area contributed by atoms with Crippen LogP contribution in [0.2, 0.25) is 0 Å². The normalized spacial score (nSPS) is 12.4. The van der Waals surface area contributed by atoms with E-state index in [4.69, 9.17) is 0 Å². The summed E-state index contributed by atoms with van der Waals surface area (Å²) in [5.74, 6) is -0.781. The molecule has 0 fully saturated rings. The van der Waals surface area contributed by atoms with Gasteiger partial charge in [0.05, 0.1) is 0 Å². The van der Waals surface area contributed by atoms with E-state index in [0.717, 1.165) is 19.0 Å². The van der Waals surface area contributed by atoms with Gasteiger partial charge in [0.1, 0.15) is 11.6 Å². The van der Waals surface area contributed by atoms with E-state index in [0.29, 0.717) is 5.56 Å². The van der Waals surface area contributed by atoms with E-state index in [1.807, 2.05) is 19.1 Å². The molecule has 0 aromatic heterocycles. The highest BCUT2D eigenvalue weighted by Gasteiger charge is 2.11. The van der Waals surface area contributed by atoms with Crippen LogP contribution in [0.1, 0.15) is 29.7 Å². The predicted molar refractivity (Wildman–Crippen MR) is 77.7 cm³/mol. The molecule has 0 bridgehead atoms. The standard InChI is InChI=1S/C17H19F2N/c1-12-5-3-4-6-14(12)9-10-20-13(2)16-11-15(18)7-8-17(16)19/h3-8,11,13,20H,9-10H2,1-2H3. The topological polar surface area (TPSA) is 12.0 Å². The van der Waals surface area contributed by atoms with Crippen LogP contribution in [0.25, 0.3) is 0 Å². The Bertz CT molecular complexity index is 581. The molecule has 2 aromatic rings. The highest BCUT2D eigenvalue weighted by Crippen LogP contribution is 2.18. The van der Waals surface area contributed by atoms with E-state index >= 15 is 0 Å². The number of nitrogens with one attached hydrogen (secondary N) is 1. The second kappa shape index (κ2) is 6.62. The second-order valence-corrected chi connectivity index (χ2v) is 5.02. The molecule has 2 aromatic carbocycles. The number of hydrogen-bond acceptors (Lipinski definition) is 1. The van der Waals surface area contributed by atoms with Crippen molar-refractivity contribution in [1.29, 1.82) is 0 Å². The summed E-state index contributed by atoms with van der Waals surface area (Å²) in [4.78, 5) is 0. The molecule has 0 saturated carbocycles. The molecule has 0 aliphatic heterocycles. The minimum absolute atomic E-state index is 0.213. The van der Waals surface area contributed by atoms with Gasteiger partial charge in [-0.05, 0) is 56.1 Å². The molecular formula is C17H19F2N. The lowest BCUT2D eigenvalue weighted by molar-refractivity contribution is 0.521. The highest BCUT2D eigenvalue weighted by molar-refractivity contribution is 5.26. The van der Waals surface area contributed by atoms with Crippen LogP contribution in [-0.4, -0.2) is 6.54 Å². The SMILES string of the molecule is Cc1ccccc1CCNC(C)c1cc(F)ccc1F. The fraction of sp³-hybridized carbons (Fsp3) is 0.294. The highest BCUT2D eigenvalue weighted by atomic mass is 19.1. The molecule has 20 heavy (non-hydrogen) atoms. The third-order valence-electron chi connectivity index (χ3n) is 3.53. The second-order valence-electron chi connectivity index (χ2n) is 5.02. The summed E-state index contributed by atoms with van der Waals surface area (Å²) in [6.45, 7) is 4.64. The molecule has 0 spiro atoms. The van der Waals surface area contributed by atoms with Crippen molar-refractivity contribution >= 4 is 0 Å². The van der Waals surface area contributed by atoms with Crippen molar-refractivity contribution in [3.63, 3.8) is 0 Å². The summed E-state index contributed by atoms with van der Waals surface area (Å²) in [7, 11) is 0. The zero-order valence-electron chi connectivity index (χ0n) is 11.8. The maximum absolute atomic E-state index is 13.6. The molecule has 1 unspecified atom stereocenters. The van der Waals surface area contributed by atoms with Crippen molar-refractivity contribution in [3.05, 3.63) is 70.8 Å². The van der Waals surface area contributed by atoms with E-state index in [1.54, 1.807) is 0 Å². The number of hydrogen-bond donors (Lipinski definition) is 1. The maximum atomic E-state index is 13.6. The molecule has 2 rings (SSSR count). The Morgan fingerprint density at radius 1 is 1.10 bits per heavy atom. The molecule has 3 heteroatoms. The van der Waals surface area contributed by atoms with Gasteiger partial charge in [-0.15, -0.1) is 0 Å². The van der Waals surface area contributed by atoms with Gasteiger partial charge in [-0.2, -0.15) is 0 Å². The van der Waals surface area contributed by atoms with Gasteiger partial charge in [0, 0.05) is 11.6 Å². The summed E-state index contributed by atoms with van der Waals surface area (Å²) in [5, 5.41) is 3.24. The Morgan fingerprint density at radius 3 is 2.60 bits per heavy atom. The Labute approximate surface area is 118 Å². The van der Waals surface area contributed by atoms with Gasteiger partial charge in [-0.25, -0.2) is 8.78 Å². The number of halogens is 2. The smallest absolute Gasteiger partial charge is 0.128 e. The number of aryl methyl sites for hydroxylation is 1. The Balaban J connectivity index is 1.94.